The Morgan fingerprint density at radius 2 is 1.74 bits per heavy atom. The second kappa shape index (κ2) is 9.87. The van der Waals surface area contributed by atoms with Crippen LogP contribution in [0.25, 0.3) is 0 Å². The first kappa shape index (κ1) is 21.4. The molecule has 0 aromatic heterocycles. The monoisotopic (exact) mass is 454 g/mol. The molecule has 0 atom stereocenters. The van der Waals surface area contributed by atoms with Crippen LogP contribution in [-0.4, -0.2) is 39.4 Å². The fourth-order valence-electron chi connectivity index (χ4n) is 2.40. The zero-order valence-electron chi connectivity index (χ0n) is 15.3. The van der Waals surface area contributed by atoms with E-state index < -0.39 is 10.0 Å². The molecule has 0 heterocycles. The van der Waals surface area contributed by atoms with E-state index in [1.807, 2.05) is 31.2 Å². The lowest BCUT2D eigenvalue weighted by Crippen LogP contribution is -2.31. The average molecular weight is 455 g/mol. The van der Waals surface area contributed by atoms with E-state index in [1.54, 1.807) is 24.1 Å². The van der Waals surface area contributed by atoms with Gasteiger partial charge in [-0.2, -0.15) is 0 Å². The smallest absolute Gasteiger partial charge is 0.240 e. The van der Waals surface area contributed by atoms with Gasteiger partial charge in [0.05, 0.1) is 11.5 Å². The van der Waals surface area contributed by atoms with Crippen LogP contribution in [0, 0.1) is 0 Å². The van der Waals surface area contributed by atoms with Gasteiger partial charge in [0.1, 0.15) is 5.75 Å². The maximum Gasteiger partial charge on any atom is 0.240 e. The van der Waals surface area contributed by atoms with Gasteiger partial charge in [0.2, 0.25) is 15.9 Å². The number of carbonyl (C=O) groups excluding carboxylic acids is 1. The zero-order valence-corrected chi connectivity index (χ0v) is 17.7. The van der Waals surface area contributed by atoms with Crippen LogP contribution < -0.4 is 9.46 Å². The molecule has 0 fully saturated rings. The summed E-state index contributed by atoms with van der Waals surface area (Å²) in [5.41, 5.74) is 1.00. The summed E-state index contributed by atoms with van der Waals surface area (Å²) in [6, 6.07) is 13.9. The van der Waals surface area contributed by atoms with Gasteiger partial charge in [0.15, 0.2) is 0 Å². The number of amides is 1. The van der Waals surface area contributed by atoms with Crippen LogP contribution in [-0.2, 0) is 21.4 Å². The third kappa shape index (κ3) is 6.64. The van der Waals surface area contributed by atoms with Gasteiger partial charge >= 0.3 is 0 Å². The van der Waals surface area contributed by atoms with Crippen LogP contribution in [0.2, 0.25) is 0 Å². The van der Waals surface area contributed by atoms with Gasteiger partial charge < -0.3 is 9.64 Å². The predicted molar refractivity (Wildman–Crippen MR) is 108 cm³/mol. The van der Waals surface area contributed by atoms with Crippen molar-refractivity contribution < 1.29 is 17.9 Å². The summed E-state index contributed by atoms with van der Waals surface area (Å²) in [5, 5.41) is 0. The van der Waals surface area contributed by atoms with Crippen molar-refractivity contribution in [1.29, 1.82) is 0 Å². The summed E-state index contributed by atoms with van der Waals surface area (Å²) < 4.78 is 33.3. The minimum Gasteiger partial charge on any atom is -0.494 e. The Kier molecular flexibility index (Phi) is 7.82. The van der Waals surface area contributed by atoms with Crippen molar-refractivity contribution >= 4 is 31.9 Å². The first-order chi connectivity index (χ1) is 12.8. The highest BCUT2D eigenvalue weighted by Gasteiger charge is 2.15. The Labute approximate surface area is 168 Å². The maximum atomic E-state index is 12.3. The molecule has 27 heavy (non-hydrogen) atoms. The average Bonchev–Trinajstić information content (AvgIpc) is 2.64. The SMILES string of the molecule is CCOc1ccc(S(=O)(=O)NCCC(=O)N(C)Cc2ccc(Br)cc2)cc1. The number of carbonyl (C=O) groups is 1. The third-order valence-electron chi connectivity index (χ3n) is 3.83. The fraction of sp³-hybridized carbons (Fsp3) is 0.316. The molecule has 146 valence electrons. The molecule has 0 radical (unpaired) electrons. The minimum absolute atomic E-state index is 0.0407. The Hall–Kier alpha value is -1.90. The largest absolute Gasteiger partial charge is 0.494 e. The van der Waals surface area contributed by atoms with Gasteiger partial charge in [0, 0.05) is 31.0 Å². The number of sulfonamides is 1. The first-order valence-corrected chi connectivity index (χ1v) is 10.8. The Morgan fingerprint density at radius 3 is 2.33 bits per heavy atom. The lowest BCUT2D eigenvalue weighted by molar-refractivity contribution is -0.130. The number of ether oxygens (including phenoxy) is 1. The lowest BCUT2D eigenvalue weighted by atomic mass is 10.2. The van der Waals surface area contributed by atoms with Crippen molar-refractivity contribution in [3.63, 3.8) is 0 Å². The predicted octanol–water partition coefficient (Wildman–Crippen LogP) is 3.17. The summed E-state index contributed by atoms with van der Waals surface area (Å²) >= 11 is 3.37. The zero-order chi connectivity index (χ0) is 19.9. The molecular weight excluding hydrogens is 432 g/mol. The molecule has 2 rings (SSSR count). The molecule has 0 unspecified atom stereocenters. The molecule has 0 bridgehead atoms. The molecule has 0 aliphatic rings. The quantitative estimate of drug-likeness (QED) is 0.631. The number of benzene rings is 2. The summed E-state index contributed by atoms with van der Waals surface area (Å²) in [6.07, 6.45) is 0.0866. The van der Waals surface area contributed by atoms with Crippen molar-refractivity contribution in [1.82, 2.24) is 9.62 Å². The maximum absolute atomic E-state index is 12.3. The standard InChI is InChI=1S/C19H23BrN2O4S/c1-3-26-17-8-10-18(11-9-17)27(24,25)21-13-12-19(23)22(2)14-15-4-6-16(20)7-5-15/h4-11,21H,3,12-14H2,1-2H3. The van der Waals surface area contributed by atoms with Gasteiger partial charge in [-0.1, -0.05) is 28.1 Å². The topological polar surface area (TPSA) is 75.7 Å². The van der Waals surface area contributed by atoms with Crippen molar-refractivity contribution in [2.45, 2.75) is 24.8 Å². The summed E-state index contributed by atoms with van der Waals surface area (Å²) in [7, 11) is -1.96. The molecule has 0 aliphatic heterocycles. The molecule has 8 heteroatoms. The van der Waals surface area contributed by atoms with Crippen LogP contribution in [0.5, 0.6) is 5.75 Å². The van der Waals surface area contributed by atoms with Gasteiger partial charge in [-0.05, 0) is 48.9 Å². The van der Waals surface area contributed by atoms with Crippen LogP contribution >= 0.6 is 15.9 Å². The first-order valence-electron chi connectivity index (χ1n) is 8.53. The van der Waals surface area contributed by atoms with E-state index in [1.165, 1.54) is 12.1 Å². The van der Waals surface area contributed by atoms with Crippen molar-refractivity contribution in [3.8, 4) is 5.75 Å². The highest BCUT2D eigenvalue weighted by Crippen LogP contribution is 2.16. The molecule has 2 aromatic carbocycles. The second-order valence-corrected chi connectivity index (χ2v) is 8.61. The Morgan fingerprint density at radius 1 is 1.11 bits per heavy atom. The minimum atomic E-state index is -3.66. The van der Waals surface area contributed by atoms with Crippen molar-refractivity contribution in [2.24, 2.45) is 0 Å². The highest BCUT2D eigenvalue weighted by molar-refractivity contribution is 9.10. The van der Waals surface area contributed by atoms with E-state index >= 15 is 0 Å². The van der Waals surface area contributed by atoms with Gasteiger partial charge in [-0.25, -0.2) is 13.1 Å². The van der Waals surface area contributed by atoms with E-state index in [2.05, 4.69) is 20.7 Å². The lowest BCUT2D eigenvalue weighted by Gasteiger charge is -2.17. The Balaban J connectivity index is 1.84. The van der Waals surface area contributed by atoms with E-state index in [0.717, 1.165) is 10.0 Å². The van der Waals surface area contributed by atoms with Crippen LogP contribution in [0.1, 0.15) is 18.9 Å². The molecule has 0 saturated carbocycles. The van der Waals surface area contributed by atoms with Crippen LogP contribution in [0.15, 0.2) is 57.9 Å². The molecule has 1 N–H and O–H groups in total. The van der Waals surface area contributed by atoms with E-state index in [4.69, 9.17) is 4.74 Å². The molecule has 0 aliphatic carbocycles. The fourth-order valence-corrected chi connectivity index (χ4v) is 3.70. The van der Waals surface area contributed by atoms with Crippen LogP contribution in [0.3, 0.4) is 0 Å². The van der Waals surface area contributed by atoms with Gasteiger partial charge in [-0.15, -0.1) is 0 Å². The molecule has 6 nitrogen and oxygen atoms in total. The number of hydrogen-bond acceptors (Lipinski definition) is 4. The van der Waals surface area contributed by atoms with E-state index in [0.29, 0.717) is 18.9 Å². The molecule has 2 aromatic rings. The third-order valence-corrected chi connectivity index (χ3v) is 5.84. The molecule has 0 spiro atoms. The highest BCUT2D eigenvalue weighted by atomic mass is 79.9. The van der Waals surface area contributed by atoms with Gasteiger partial charge in [-0.3, -0.25) is 4.79 Å². The number of hydrogen-bond donors (Lipinski definition) is 1. The normalized spacial score (nSPS) is 11.2. The van der Waals surface area contributed by atoms with E-state index in [-0.39, 0.29) is 23.8 Å². The van der Waals surface area contributed by atoms with Crippen molar-refractivity contribution in [3.05, 3.63) is 58.6 Å². The number of nitrogens with zero attached hydrogens (tertiary/aromatic N) is 1. The number of halogens is 1. The van der Waals surface area contributed by atoms with Gasteiger partial charge in [0.25, 0.3) is 0 Å². The molecule has 1 amide bonds. The molecule has 0 saturated heterocycles. The summed E-state index contributed by atoms with van der Waals surface area (Å²) in [6.45, 7) is 2.88. The Bertz CT molecular complexity index is 852. The molecular formula is C19H23BrN2O4S. The van der Waals surface area contributed by atoms with Crippen LogP contribution in [0.4, 0.5) is 0 Å². The van der Waals surface area contributed by atoms with Crippen molar-refractivity contribution in [2.75, 3.05) is 20.2 Å². The number of nitrogens with one attached hydrogen (secondary N) is 1. The van der Waals surface area contributed by atoms with E-state index in [9.17, 15) is 13.2 Å². The summed E-state index contributed by atoms with van der Waals surface area (Å²) in [4.78, 5) is 13.9. The second-order valence-electron chi connectivity index (χ2n) is 5.93. The summed E-state index contributed by atoms with van der Waals surface area (Å²) in [5.74, 6) is 0.480. The number of rotatable bonds is 9.